The van der Waals surface area contributed by atoms with E-state index in [4.69, 9.17) is 5.73 Å². The fraction of sp³-hybridized carbons (Fsp3) is 0.500. The summed E-state index contributed by atoms with van der Waals surface area (Å²) in [5.74, 6) is 0. The van der Waals surface area contributed by atoms with Crippen LogP contribution in [0.15, 0.2) is 5.10 Å². The van der Waals surface area contributed by atoms with Gasteiger partial charge in [-0.1, -0.05) is 0 Å². The van der Waals surface area contributed by atoms with Crippen LogP contribution in [0.1, 0.15) is 6.42 Å². The summed E-state index contributed by atoms with van der Waals surface area (Å²) in [4.78, 5) is 10.2. The van der Waals surface area contributed by atoms with E-state index in [9.17, 15) is 4.79 Å². The average molecular weight is 150 g/mol. The standard InChI is InChI=1S/C4H7N3O.ClH/c5-4(8)7-3-1-2-6-7;/h2H,1,3H2,(H2,5,8);1H. The van der Waals surface area contributed by atoms with E-state index in [2.05, 4.69) is 5.10 Å². The van der Waals surface area contributed by atoms with Crippen molar-refractivity contribution >= 4 is 24.7 Å². The Morgan fingerprint density at radius 1 is 1.78 bits per heavy atom. The SMILES string of the molecule is Cl.NC(=O)N1CCC=N1. The van der Waals surface area contributed by atoms with Crippen molar-refractivity contribution in [1.29, 1.82) is 0 Å². The molecular weight excluding hydrogens is 142 g/mol. The molecule has 0 saturated carbocycles. The fourth-order valence-corrected chi connectivity index (χ4v) is 0.561. The minimum absolute atomic E-state index is 0. The molecule has 4 nitrogen and oxygen atoms in total. The maximum Gasteiger partial charge on any atom is 0.335 e. The predicted molar refractivity (Wildman–Crippen MR) is 36.6 cm³/mol. The maximum absolute atomic E-state index is 10.2. The molecule has 0 radical (unpaired) electrons. The van der Waals surface area contributed by atoms with Gasteiger partial charge in [0.15, 0.2) is 0 Å². The van der Waals surface area contributed by atoms with Crippen LogP contribution in [0.5, 0.6) is 0 Å². The van der Waals surface area contributed by atoms with Gasteiger partial charge in [0.1, 0.15) is 0 Å². The Balaban J connectivity index is 0.000000640. The summed E-state index contributed by atoms with van der Waals surface area (Å²) in [6, 6.07) is -0.473. The third-order valence-corrected chi connectivity index (χ3v) is 0.945. The molecule has 1 rings (SSSR count). The summed E-state index contributed by atoms with van der Waals surface area (Å²) >= 11 is 0. The highest BCUT2D eigenvalue weighted by Crippen LogP contribution is 1.96. The van der Waals surface area contributed by atoms with Crippen LogP contribution in [-0.4, -0.2) is 23.8 Å². The topological polar surface area (TPSA) is 58.7 Å². The monoisotopic (exact) mass is 149 g/mol. The van der Waals surface area contributed by atoms with Gasteiger partial charge in [0, 0.05) is 12.6 Å². The van der Waals surface area contributed by atoms with Crippen molar-refractivity contribution in [1.82, 2.24) is 5.01 Å². The summed E-state index contributed by atoms with van der Waals surface area (Å²) in [6.45, 7) is 0.634. The lowest BCUT2D eigenvalue weighted by Crippen LogP contribution is -2.29. The van der Waals surface area contributed by atoms with Crippen LogP contribution in [0.4, 0.5) is 4.79 Å². The molecule has 5 heteroatoms. The third kappa shape index (κ3) is 1.89. The molecule has 0 bridgehead atoms. The number of primary amides is 1. The van der Waals surface area contributed by atoms with Gasteiger partial charge in [-0.15, -0.1) is 12.4 Å². The lowest BCUT2D eigenvalue weighted by molar-refractivity contribution is 0.215. The van der Waals surface area contributed by atoms with Gasteiger partial charge in [0.2, 0.25) is 0 Å². The van der Waals surface area contributed by atoms with Gasteiger partial charge in [-0.05, 0) is 0 Å². The Morgan fingerprint density at radius 3 is 2.67 bits per heavy atom. The van der Waals surface area contributed by atoms with E-state index in [-0.39, 0.29) is 12.4 Å². The fourth-order valence-electron chi connectivity index (χ4n) is 0.561. The number of halogens is 1. The Bertz CT molecular complexity index is 136. The largest absolute Gasteiger partial charge is 0.350 e. The van der Waals surface area contributed by atoms with E-state index in [0.29, 0.717) is 6.54 Å². The molecule has 9 heavy (non-hydrogen) atoms. The van der Waals surface area contributed by atoms with Crippen molar-refractivity contribution in [3.8, 4) is 0 Å². The molecule has 1 aliphatic heterocycles. The molecule has 2 amide bonds. The van der Waals surface area contributed by atoms with Gasteiger partial charge >= 0.3 is 6.03 Å². The number of amides is 2. The van der Waals surface area contributed by atoms with Crippen molar-refractivity contribution in [2.24, 2.45) is 10.8 Å². The highest BCUT2D eigenvalue weighted by atomic mass is 35.5. The maximum atomic E-state index is 10.2. The number of hydrazone groups is 1. The first-order valence-corrected chi connectivity index (χ1v) is 2.40. The van der Waals surface area contributed by atoms with Crippen molar-refractivity contribution in [2.75, 3.05) is 6.54 Å². The number of hydrogen-bond donors (Lipinski definition) is 1. The second-order valence-corrected chi connectivity index (χ2v) is 1.55. The number of urea groups is 1. The molecule has 0 spiro atoms. The normalized spacial score (nSPS) is 15.3. The van der Waals surface area contributed by atoms with E-state index in [1.165, 1.54) is 5.01 Å². The van der Waals surface area contributed by atoms with Gasteiger partial charge < -0.3 is 5.73 Å². The van der Waals surface area contributed by atoms with E-state index in [1.807, 2.05) is 0 Å². The second kappa shape index (κ2) is 3.29. The molecule has 0 saturated heterocycles. The van der Waals surface area contributed by atoms with Crippen LogP contribution < -0.4 is 5.73 Å². The Labute approximate surface area is 59.1 Å². The predicted octanol–water partition coefficient (Wildman–Crippen LogP) is 0.178. The quantitative estimate of drug-likeness (QED) is 0.525. The number of nitrogens with zero attached hydrogens (tertiary/aromatic N) is 2. The number of nitrogens with two attached hydrogens (primary N) is 1. The molecule has 1 heterocycles. The molecule has 1 aliphatic rings. The zero-order valence-electron chi connectivity index (χ0n) is 4.78. The van der Waals surface area contributed by atoms with Crippen molar-refractivity contribution < 1.29 is 4.79 Å². The summed E-state index contributed by atoms with van der Waals surface area (Å²) < 4.78 is 0. The second-order valence-electron chi connectivity index (χ2n) is 1.55. The summed E-state index contributed by atoms with van der Waals surface area (Å²) in [5.41, 5.74) is 4.87. The van der Waals surface area contributed by atoms with Gasteiger partial charge in [-0.3, -0.25) is 0 Å². The van der Waals surface area contributed by atoms with Crippen molar-refractivity contribution in [2.45, 2.75) is 6.42 Å². The van der Waals surface area contributed by atoms with Crippen LogP contribution >= 0.6 is 12.4 Å². The molecule has 0 fully saturated rings. The highest BCUT2D eigenvalue weighted by Gasteiger charge is 2.09. The van der Waals surface area contributed by atoms with Gasteiger partial charge in [0.25, 0.3) is 0 Å². The van der Waals surface area contributed by atoms with Crippen molar-refractivity contribution in [3.63, 3.8) is 0 Å². The highest BCUT2D eigenvalue weighted by molar-refractivity contribution is 5.85. The lowest BCUT2D eigenvalue weighted by Gasteiger charge is -2.04. The first-order chi connectivity index (χ1) is 3.80. The summed E-state index contributed by atoms with van der Waals surface area (Å²) in [5, 5.41) is 4.91. The van der Waals surface area contributed by atoms with E-state index in [1.54, 1.807) is 6.21 Å². The summed E-state index contributed by atoms with van der Waals surface area (Å²) in [7, 11) is 0. The van der Waals surface area contributed by atoms with Crippen LogP contribution in [0.3, 0.4) is 0 Å². The minimum atomic E-state index is -0.473. The van der Waals surface area contributed by atoms with Crippen LogP contribution in [-0.2, 0) is 0 Å². The van der Waals surface area contributed by atoms with Crippen molar-refractivity contribution in [3.05, 3.63) is 0 Å². The zero-order chi connectivity index (χ0) is 5.98. The molecule has 0 aromatic heterocycles. The number of carbonyl (C=O) groups excluding carboxylic acids is 1. The molecule has 0 unspecified atom stereocenters. The number of rotatable bonds is 0. The molecule has 0 atom stereocenters. The molecule has 0 aromatic carbocycles. The smallest absolute Gasteiger partial charge is 0.335 e. The van der Waals surface area contributed by atoms with Crippen LogP contribution in [0.25, 0.3) is 0 Å². The first-order valence-electron chi connectivity index (χ1n) is 2.40. The minimum Gasteiger partial charge on any atom is -0.350 e. The Hall–Kier alpha value is -0.770. The zero-order valence-corrected chi connectivity index (χ0v) is 5.60. The van der Waals surface area contributed by atoms with Gasteiger partial charge in [0.05, 0.1) is 6.54 Å². The molecule has 52 valence electrons. The third-order valence-electron chi connectivity index (χ3n) is 0.945. The summed E-state index contributed by atoms with van der Waals surface area (Å²) in [6.07, 6.45) is 2.49. The lowest BCUT2D eigenvalue weighted by atomic mass is 10.5. The van der Waals surface area contributed by atoms with Gasteiger partial charge in [-0.2, -0.15) is 5.10 Å². The first kappa shape index (κ1) is 8.23. The molecule has 0 aromatic rings. The molecular formula is C4H8ClN3O. The molecule has 2 N–H and O–H groups in total. The Kier molecular flexibility index (Phi) is 3.01. The van der Waals surface area contributed by atoms with E-state index >= 15 is 0 Å². The van der Waals surface area contributed by atoms with Gasteiger partial charge in [-0.25, -0.2) is 9.80 Å². The number of hydrogen-bond acceptors (Lipinski definition) is 2. The van der Waals surface area contributed by atoms with Crippen LogP contribution in [0, 0.1) is 0 Å². The molecule has 0 aliphatic carbocycles. The average Bonchev–Trinajstić information content (AvgIpc) is 2.12. The Morgan fingerprint density at radius 2 is 2.44 bits per heavy atom. The van der Waals surface area contributed by atoms with Crippen LogP contribution in [0.2, 0.25) is 0 Å². The van der Waals surface area contributed by atoms with E-state index < -0.39 is 6.03 Å². The van der Waals surface area contributed by atoms with E-state index in [0.717, 1.165) is 6.42 Å². The number of carbonyl (C=O) groups is 1.